The fraction of sp³-hybridized carbons (Fsp3) is 0. The third kappa shape index (κ3) is 5.68. The fourth-order valence-electron chi connectivity index (χ4n) is 9.81. The SMILES string of the molecule is c1ccc(-c2nc(-c3ccc(-n4c5ccccc5c5ccccc54)cc3)cc(-c3cccc4c5cc6c(-c7ccccc7)nc7ccccc7c6cc5n(-c5ccccc5)c34)n2)cc1. The van der Waals surface area contributed by atoms with Crippen molar-refractivity contribution in [3.05, 3.63) is 224 Å². The summed E-state index contributed by atoms with van der Waals surface area (Å²) in [5.74, 6) is 0.676. The van der Waals surface area contributed by atoms with Crippen LogP contribution < -0.4 is 0 Å². The zero-order valence-electron chi connectivity index (χ0n) is 34.6. The van der Waals surface area contributed by atoms with Crippen molar-refractivity contribution in [2.24, 2.45) is 0 Å². The molecular formula is C59H37N5. The first-order chi connectivity index (χ1) is 31.7. The number of benzene rings is 9. The first-order valence-corrected chi connectivity index (χ1v) is 21.7. The molecule has 5 heteroatoms. The summed E-state index contributed by atoms with van der Waals surface area (Å²) in [5, 5.41) is 8.19. The molecule has 0 atom stereocenters. The van der Waals surface area contributed by atoms with Crippen molar-refractivity contribution < 1.29 is 0 Å². The van der Waals surface area contributed by atoms with E-state index in [9.17, 15) is 0 Å². The van der Waals surface area contributed by atoms with E-state index in [1.165, 1.54) is 27.2 Å². The third-order valence-corrected chi connectivity index (χ3v) is 12.7. The highest BCUT2D eigenvalue weighted by Crippen LogP contribution is 2.43. The Bertz CT molecular complexity index is 3870. The van der Waals surface area contributed by atoms with Crippen LogP contribution in [0, 0.1) is 0 Å². The van der Waals surface area contributed by atoms with E-state index in [2.05, 4.69) is 215 Å². The largest absolute Gasteiger partial charge is 0.309 e. The normalized spacial score (nSPS) is 11.8. The van der Waals surface area contributed by atoms with Gasteiger partial charge in [0.05, 0.1) is 44.7 Å². The van der Waals surface area contributed by atoms with Crippen LogP contribution in [0.15, 0.2) is 224 Å². The van der Waals surface area contributed by atoms with Gasteiger partial charge in [0.25, 0.3) is 0 Å². The van der Waals surface area contributed by atoms with Crippen LogP contribution in [0.4, 0.5) is 0 Å². The lowest BCUT2D eigenvalue weighted by Crippen LogP contribution is -1.99. The summed E-state index contributed by atoms with van der Waals surface area (Å²) in [7, 11) is 0. The predicted molar refractivity (Wildman–Crippen MR) is 265 cm³/mol. The standard InChI is InChI=1S/C59H37N5/c1-4-17-39(18-5-1)57-50-35-49-46-26-16-27-47(58(46)64(41-21-8-3-9-22-41)56(49)36-48(50)43-23-10-13-28-51(43)60-57)53-37-52(61-59(62-53)40-19-6-2-7-20-40)38-31-33-42(34-32-38)63-54-29-14-11-24-44(54)45-25-12-15-30-55(45)63/h1-37H. The van der Waals surface area contributed by atoms with Gasteiger partial charge < -0.3 is 9.13 Å². The molecule has 0 spiro atoms. The summed E-state index contributed by atoms with van der Waals surface area (Å²) >= 11 is 0. The van der Waals surface area contributed by atoms with Crippen LogP contribution in [0.2, 0.25) is 0 Å². The van der Waals surface area contributed by atoms with Crippen molar-refractivity contribution >= 4 is 65.3 Å². The number of aromatic nitrogens is 5. The van der Waals surface area contributed by atoms with Gasteiger partial charge in [0.1, 0.15) is 0 Å². The van der Waals surface area contributed by atoms with Crippen molar-refractivity contribution in [3.8, 4) is 56.5 Å². The average molecular weight is 816 g/mol. The minimum absolute atomic E-state index is 0.676. The van der Waals surface area contributed by atoms with Crippen LogP contribution in [0.3, 0.4) is 0 Å². The minimum atomic E-state index is 0.676. The van der Waals surface area contributed by atoms with E-state index in [0.717, 1.165) is 88.8 Å². The minimum Gasteiger partial charge on any atom is -0.309 e. The number of hydrogen-bond acceptors (Lipinski definition) is 3. The van der Waals surface area contributed by atoms with Gasteiger partial charge >= 0.3 is 0 Å². The van der Waals surface area contributed by atoms with Crippen LogP contribution in [0.5, 0.6) is 0 Å². The first-order valence-electron chi connectivity index (χ1n) is 21.7. The smallest absolute Gasteiger partial charge is 0.160 e. The van der Waals surface area contributed by atoms with Crippen molar-refractivity contribution in [2.75, 3.05) is 0 Å². The lowest BCUT2D eigenvalue weighted by molar-refractivity contribution is 1.16. The fourth-order valence-corrected chi connectivity index (χ4v) is 9.81. The molecule has 0 saturated heterocycles. The number of fused-ring (bicyclic) bond motifs is 9. The van der Waals surface area contributed by atoms with Crippen molar-refractivity contribution in [2.45, 2.75) is 0 Å². The Morgan fingerprint density at radius 1 is 0.297 bits per heavy atom. The van der Waals surface area contributed by atoms with Gasteiger partial charge in [-0.25, -0.2) is 15.0 Å². The molecule has 0 fully saturated rings. The lowest BCUT2D eigenvalue weighted by Gasteiger charge is -2.14. The van der Waals surface area contributed by atoms with Crippen LogP contribution >= 0.6 is 0 Å². The average Bonchev–Trinajstić information content (AvgIpc) is 3.89. The third-order valence-electron chi connectivity index (χ3n) is 12.7. The summed E-state index contributed by atoms with van der Waals surface area (Å²) in [6.45, 7) is 0. The molecule has 0 aliphatic rings. The lowest BCUT2D eigenvalue weighted by atomic mass is 9.97. The van der Waals surface area contributed by atoms with E-state index >= 15 is 0 Å². The van der Waals surface area contributed by atoms with E-state index < -0.39 is 0 Å². The number of hydrogen-bond donors (Lipinski definition) is 0. The van der Waals surface area contributed by atoms with Crippen LogP contribution in [0.1, 0.15) is 0 Å². The monoisotopic (exact) mass is 815 g/mol. The Balaban J connectivity index is 1.06. The number of para-hydroxylation sites is 5. The van der Waals surface area contributed by atoms with Crippen molar-refractivity contribution in [1.29, 1.82) is 0 Å². The maximum atomic E-state index is 5.39. The Morgan fingerprint density at radius 2 is 0.875 bits per heavy atom. The summed E-state index contributed by atoms with van der Waals surface area (Å²) in [4.78, 5) is 15.9. The van der Waals surface area contributed by atoms with E-state index in [0.29, 0.717) is 5.82 Å². The van der Waals surface area contributed by atoms with Crippen LogP contribution in [0.25, 0.3) is 122 Å². The number of nitrogens with zero attached hydrogens (tertiary/aromatic N) is 5. The first kappa shape index (κ1) is 36.0. The predicted octanol–water partition coefficient (Wildman–Crippen LogP) is 15.0. The highest BCUT2D eigenvalue weighted by atomic mass is 15.0. The van der Waals surface area contributed by atoms with Gasteiger partial charge in [-0.1, -0.05) is 164 Å². The molecule has 5 nitrogen and oxygen atoms in total. The topological polar surface area (TPSA) is 48.5 Å². The second-order valence-electron chi connectivity index (χ2n) is 16.4. The molecule has 298 valence electrons. The maximum Gasteiger partial charge on any atom is 0.160 e. The maximum absolute atomic E-state index is 5.39. The second kappa shape index (κ2) is 14.5. The molecular weight excluding hydrogens is 779 g/mol. The van der Waals surface area contributed by atoms with E-state index in [1.807, 2.05) is 18.2 Å². The molecule has 4 aromatic heterocycles. The molecule has 9 aromatic carbocycles. The molecule has 0 saturated carbocycles. The molecule has 0 aliphatic carbocycles. The van der Waals surface area contributed by atoms with Gasteiger partial charge in [-0.3, -0.25) is 0 Å². The molecule has 0 aliphatic heterocycles. The summed E-state index contributed by atoms with van der Waals surface area (Å²) < 4.78 is 4.77. The van der Waals surface area contributed by atoms with E-state index in [-0.39, 0.29) is 0 Å². The summed E-state index contributed by atoms with van der Waals surface area (Å²) in [6, 6.07) is 79.6. The zero-order valence-corrected chi connectivity index (χ0v) is 34.6. The van der Waals surface area contributed by atoms with Crippen LogP contribution in [-0.2, 0) is 0 Å². The van der Waals surface area contributed by atoms with E-state index in [4.69, 9.17) is 15.0 Å². The Morgan fingerprint density at radius 3 is 1.59 bits per heavy atom. The van der Waals surface area contributed by atoms with Gasteiger partial charge in [0.2, 0.25) is 0 Å². The molecule has 13 aromatic rings. The molecule has 0 unspecified atom stereocenters. The molecule has 0 amide bonds. The number of pyridine rings is 1. The van der Waals surface area contributed by atoms with Crippen molar-refractivity contribution in [3.63, 3.8) is 0 Å². The summed E-state index contributed by atoms with van der Waals surface area (Å²) in [6.07, 6.45) is 0. The molecule has 4 heterocycles. The van der Waals surface area contributed by atoms with Gasteiger partial charge in [0, 0.05) is 65.9 Å². The van der Waals surface area contributed by atoms with Gasteiger partial charge in [-0.2, -0.15) is 0 Å². The van der Waals surface area contributed by atoms with E-state index in [1.54, 1.807) is 0 Å². The zero-order chi connectivity index (χ0) is 42.1. The second-order valence-corrected chi connectivity index (χ2v) is 16.4. The van der Waals surface area contributed by atoms with Gasteiger partial charge in [-0.05, 0) is 66.0 Å². The Kier molecular flexibility index (Phi) is 8.15. The quantitative estimate of drug-likeness (QED) is 0.157. The molecule has 64 heavy (non-hydrogen) atoms. The molecule has 0 radical (unpaired) electrons. The highest BCUT2D eigenvalue weighted by molar-refractivity contribution is 6.21. The Labute approximate surface area is 368 Å². The molecule has 0 N–H and O–H groups in total. The molecule has 13 rings (SSSR count). The Hall–Kier alpha value is -8.67. The van der Waals surface area contributed by atoms with Gasteiger partial charge in [0.15, 0.2) is 5.82 Å². The van der Waals surface area contributed by atoms with Gasteiger partial charge in [-0.15, -0.1) is 0 Å². The van der Waals surface area contributed by atoms with Crippen molar-refractivity contribution in [1.82, 2.24) is 24.1 Å². The highest BCUT2D eigenvalue weighted by Gasteiger charge is 2.22. The summed E-state index contributed by atoms with van der Waals surface area (Å²) in [5.41, 5.74) is 14.5. The molecule has 0 bridgehead atoms. The van der Waals surface area contributed by atoms with Crippen LogP contribution in [-0.4, -0.2) is 24.1 Å². The number of rotatable bonds is 6.